The van der Waals surface area contributed by atoms with Gasteiger partial charge in [-0.2, -0.15) is 0 Å². The molecule has 0 saturated carbocycles. The van der Waals surface area contributed by atoms with E-state index in [1.807, 2.05) is 55.5 Å². The molecule has 26 heavy (non-hydrogen) atoms. The summed E-state index contributed by atoms with van der Waals surface area (Å²) < 4.78 is 1.53. The first-order valence-corrected chi connectivity index (χ1v) is 8.39. The maximum atomic E-state index is 12.5. The minimum absolute atomic E-state index is 0.0444. The molecule has 0 spiro atoms. The highest BCUT2D eigenvalue weighted by Gasteiger charge is 2.09. The summed E-state index contributed by atoms with van der Waals surface area (Å²) in [5.41, 5.74) is 4.08. The molecule has 2 aromatic carbocycles. The Morgan fingerprint density at radius 3 is 2.54 bits per heavy atom. The van der Waals surface area contributed by atoms with Crippen LogP contribution >= 0.6 is 0 Å². The van der Waals surface area contributed by atoms with Crippen molar-refractivity contribution in [1.82, 2.24) is 4.57 Å². The van der Waals surface area contributed by atoms with Crippen molar-refractivity contribution in [3.63, 3.8) is 0 Å². The van der Waals surface area contributed by atoms with Gasteiger partial charge in [0.25, 0.3) is 11.5 Å². The van der Waals surface area contributed by atoms with Crippen molar-refractivity contribution in [2.45, 2.75) is 13.5 Å². The molecule has 0 aliphatic carbocycles. The number of aromatic nitrogens is 1. The van der Waals surface area contributed by atoms with Crippen molar-refractivity contribution in [2.24, 2.45) is 7.05 Å². The summed E-state index contributed by atoms with van der Waals surface area (Å²) >= 11 is 0. The smallest absolute Gasteiger partial charge is 0.255 e. The third-order valence-corrected chi connectivity index (χ3v) is 4.18. The first-order valence-electron chi connectivity index (χ1n) is 8.39. The van der Waals surface area contributed by atoms with Gasteiger partial charge in [-0.25, -0.2) is 0 Å². The summed E-state index contributed by atoms with van der Waals surface area (Å²) in [5, 5.41) is 6.19. The number of nitrogens with one attached hydrogen (secondary N) is 2. The molecule has 1 aromatic heterocycles. The summed E-state index contributed by atoms with van der Waals surface area (Å²) in [5.74, 6) is -0.159. The van der Waals surface area contributed by atoms with Crippen LogP contribution in [0, 0.1) is 6.92 Å². The monoisotopic (exact) mass is 347 g/mol. The Bertz CT molecular complexity index is 978. The quantitative estimate of drug-likeness (QED) is 0.742. The third kappa shape index (κ3) is 4.19. The predicted molar refractivity (Wildman–Crippen MR) is 105 cm³/mol. The standard InChI is InChI=1S/C21H21N3O2/c1-15-8-9-17(21(26)23-18-6-4-3-5-7-18)13-19(15)22-14-16-10-11-24(2)20(25)12-16/h3-13,22H,14H2,1-2H3,(H,23,26). The van der Waals surface area contributed by atoms with Crippen molar-refractivity contribution in [1.29, 1.82) is 0 Å². The Morgan fingerprint density at radius 2 is 1.81 bits per heavy atom. The highest BCUT2D eigenvalue weighted by molar-refractivity contribution is 6.04. The molecule has 0 unspecified atom stereocenters. The van der Waals surface area contributed by atoms with Crippen LogP contribution in [0.3, 0.4) is 0 Å². The van der Waals surface area contributed by atoms with Crippen molar-refractivity contribution in [3.05, 3.63) is 93.9 Å². The number of carbonyl (C=O) groups excluding carboxylic acids is 1. The minimum Gasteiger partial charge on any atom is -0.381 e. The van der Waals surface area contributed by atoms with Gasteiger partial charge in [-0.05, 0) is 48.4 Å². The second kappa shape index (κ2) is 7.70. The Labute approximate surface area is 152 Å². The van der Waals surface area contributed by atoms with Crippen LogP contribution in [0.4, 0.5) is 11.4 Å². The highest BCUT2D eigenvalue weighted by Crippen LogP contribution is 2.19. The molecule has 3 aromatic rings. The number of rotatable bonds is 5. The van der Waals surface area contributed by atoms with Gasteiger partial charge >= 0.3 is 0 Å². The fourth-order valence-corrected chi connectivity index (χ4v) is 2.58. The molecule has 3 rings (SSSR count). The van der Waals surface area contributed by atoms with E-state index in [1.54, 1.807) is 25.4 Å². The number of nitrogens with zero attached hydrogens (tertiary/aromatic N) is 1. The first-order chi connectivity index (χ1) is 12.5. The molecule has 1 heterocycles. The fourth-order valence-electron chi connectivity index (χ4n) is 2.58. The average Bonchev–Trinajstić information content (AvgIpc) is 2.64. The van der Waals surface area contributed by atoms with E-state index in [2.05, 4.69) is 10.6 Å². The lowest BCUT2D eigenvalue weighted by molar-refractivity contribution is 0.102. The predicted octanol–water partition coefficient (Wildman–Crippen LogP) is 3.56. The molecule has 0 aliphatic heterocycles. The van der Waals surface area contributed by atoms with Crippen molar-refractivity contribution in [3.8, 4) is 0 Å². The first kappa shape index (κ1) is 17.5. The second-order valence-corrected chi connectivity index (χ2v) is 6.19. The highest BCUT2D eigenvalue weighted by atomic mass is 16.1. The molecule has 0 atom stereocenters. The molecule has 0 bridgehead atoms. The minimum atomic E-state index is -0.159. The van der Waals surface area contributed by atoms with Crippen molar-refractivity contribution >= 4 is 17.3 Å². The SMILES string of the molecule is Cc1ccc(C(=O)Nc2ccccc2)cc1NCc1ccn(C)c(=O)c1. The van der Waals surface area contributed by atoms with Gasteiger partial charge in [0.05, 0.1) is 0 Å². The topological polar surface area (TPSA) is 63.1 Å². The number of aryl methyl sites for hydroxylation is 2. The maximum absolute atomic E-state index is 12.5. The number of pyridine rings is 1. The summed E-state index contributed by atoms with van der Waals surface area (Å²) in [7, 11) is 1.72. The lowest BCUT2D eigenvalue weighted by Gasteiger charge is -2.12. The average molecular weight is 347 g/mol. The van der Waals surface area contributed by atoms with Gasteiger partial charge in [0.1, 0.15) is 0 Å². The van der Waals surface area contributed by atoms with Crippen LogP contribution in [0.2, 0.25) is 0 Å². The van der Waals surface area contributed by atoms with Crippen LogP contribution in [-0.4, -0.2) is 10.5 Å². The van der Waals surface area contributed by atoms with Crippen LogP contribution in [0.5, 0.6) is 0 Å². The molecular formula is C21H21N3O2. The number of hydrogen-bond acceptors (Lipinski definition) is 3. The number of hydrogen-bond donors (Lipinski definition) is 2. The lowest BCUT2D eigenvalue weighted by Crippen LogP contribution is -2.16. The maximum Gasteiger partial charge on any atom is 0.255 e. The largest absolute Gasteiger partial charge is 0.381 e. The van der Waals surface area contributed by atoms with Crippen LogP contribution in [-0.2, 0) is 13.6 Å². The Kier molecular flexibility index (Phi) is 5.17. The molecule has 5 heteroatoms. The Balaban J connectivity index is 1.73. The van der Waals surface area contributed by atoms with Crippen LogP contribution in [0.25, 0.3) is 0 Å². The third-order valence-electron chi connectivity index (χ3n) is 4.18. The summed E-state index contributed by atoms with van der Waals surface area (Å²) in [4.78, 5) is 24.2. The lowest BCUT2D eigenvalue weighted by atomic mass is 10.1. The number of anilines is 2. The van der Waals surface area contributed by atoms with E-state index in [4.69, 9.17) is 0 Å². The van der Waals surface area contributed by atoms with Gasteiger partial charge in [0.2, 0.25) is 0 Å². The molecule has 1 amide bonds. The van der Waals surface area contributed by atoms with Gasteiger partial charge in [-0.3, -0.25) is 9.59 Å². The number of amides is 1. The van der Waals surface area contributed by atoms with Gasteiger partial charge in [0.15, 0.2) is 0 Å². The summed E-state index contributed by atoms with van der Waals surface area (Å²) in [6.07, 6.45) is 1.75. The number of benzene rings is 2. The molecule has 0 fully saturated rings. The van der Waals surface area contributed by atoms with Gasteiger partial charge in [0, 0.05) is 42.8 Å². The van der Waals surface area contributed by atoms with E-state index >= 15 is 0 Å². The van der Waals surface area contributed by atoms with E-state index in [-0.39, 0.29) is 11.5 Å². The van der Waals surface area contributed by atoms with Crippen LogP contribution < -0.4 is 16.2 Å². The van der Waals surface area contributed by atoms with Crippen LogP contribution in [0.15, 0.2) is 71.7 Å². The molecule has 132 valence electrons. The molecule has 0 aliphatic rings. The Morgan fingerprint density at radius 1 is 1.04 bits per heavy atom. The summed E-state index contributed by atoms with van der Waals surface area (Å²) in [6.45, 7) is 2.49. The molecule has 0 saturated heterocycles. The normalized spacial score (nSPS) is 10.4. The summed E-state index contributed by atoms with van der Waals surface area (Å²) in [6, 6.07) is 18.4. The van der Waals surface area contributed by atoms with E-state index in [0.717, 1.165) is 22.5 Å². The van der Waals surface area contributed by atoms with Crippen LogP contribution in [0.1, 0.15) is 21.5 Å². The number of carbonyl (C=O) groups is 1. The van der Waals surface area contributed by atoms with Crippen molar-refractivity contribution < 1.29 is 4.79 Å². The van der Waals surface area contributed by atoms with Crippen molar-refractivity contribution in [2.75, 3.05) is 10.6 Å². The van der Waals surface area contributed by atoms with Gasteiger partial charge in [-0.15, -0.1) is 0 Å². The molecule has 0 radical (unpaired) electrons. The van der Waals surface area contributed by atoms with Gasteiger partial charge in [-0.1, -0.05) is 24.3 Å². The van der Waals surface area contributed by atoms with E-state index in [9.17, 15) is 9.59 Å². The van der Waals surface area contributed by atoms with E-state index in [0.29, 0.717) is 12.1 Å². The zero-order valence-electron chi connectivity index (χ0n) is 14.8. The number of para-hydroxylation sites is 1. The Hall–Kier alpha value is -3.34. The molecular weight excluding hydrogens is 326 g/mol. The zero-order chi connectivity index (χ0) is 18.5. The molecule has 2 N–H and O–H groups in total. The fraction of sp³-hybridized carbons (Fsp3) is 0.143. The van der Waals surface area contributed by atoms with Gasteiger partial charge < -0.3 is 15.2 Å². The molecule has 5 nitrogen and oxygen atoms in total. The van der Waals surface area contributed by atoms with E-state index in [1.165, 1.54) is 4.57 Å². The zero-order valence-corrected chi connectivity index (χ0v) is 14.8. The van der Waals surface area contributed by atoms with E-state index < -0.39 is 0 Å². The second-order valence-electron chi connectivity index (χ2n) is 6.19.